The van der Waals surface area contributed by atoms with Crippen LogP contribution in [0.3, 0.4) is 0 Å². The van der Waals surface area contributed by atoms with Gasteiger partial charge < -0.3 is 5.11 Å². The van der Waals surface area contributed by atoms with Gasteiger partial charge in [-0.05, 0) is 36.4 Å². The number of nitrogens with zero attached hydrogens (tertiary/aromatic N) is 2. The van der Waals surface area contributed by atoms with E-state index in [9.17, 15) is 9.90 Å². The van der Waals surface area contributed by atoms with Crippen molar-refractivity contribution in [1.82, 2.24) is 9.55 Å². The Kier molecular flexibility index (Phi) is 4.07. The van der Waals surface area contributed by atoms with Crippen LogP contribution in [0.2, 0.25) is 0 Å². The number of aromatic nitrogens is 2. The summed E-state index contributed by atoms with van der Waals surface area (Å²) in [7, 11) is 0. The molecule has 0 atom stereocenters. The molecule has 4 heteroatoms. The molecular formula is C22H16N2O2. The third-order valence-corrected chi connectivity index (χ3v) is 4.21. The minimum absolute atomic E-state index is 0.0717. The SMILES string of the molecule is O=c1c(-c2ccccc2O)cc(-c2ccccn2)cn1-c1ccccc1. The highest BCUT2D eigenvalue weighted by Crippen LogP contribution is 2.29. The Hall–Kier alpha value is -3.66. The monoisotopic (exact) mass is 340 g/mol. The molecule has 1 N–H and O–H groups in total. The molecular weight excluding hydrogens is 324 g/mol. The van der Waals surface area contributed by atoms with Gasteiger partial charge in [-0.1, -0.05) is 42.5 Å². The van der Waals surface area contributed by atoms with Crippen molar-refractivity contribution in [3.63, 3.8) is 0 Å². The second-order valence-corrected chi connectivity index (χ2v) is 5.89. The fourth-order valence-corrected chi connectivity index (χ4v) is 2.93. The number of aromatic hydroxyl groups is 1. The molecule has 2 aromatic carbocycles. The summed E-state index contributed by atoms with van der Waals surface area (Å²) in [6.07, 6.45) is 3.50. The number of rotatable bonds is 3. The highest BCUT2D eigenvalue weighted by molar-refractivity contribution is 5.74. The fraction of sp³-hybridized carbons (Fsp3) is 0. The molecule has 0 radical (unpaired) electrons. The van der Waals surface area contributed by atoms with Gasteiger partial charge in [0, 0.05) is 29.2 Å². The first kappa shape index (κ1) is 15.8. The number of phenolic OH excluding ortho intramolecular Hbond substituents is 1. The summed E-state index contributed by atoms with van der Waals surface area (Å²) in [5.41, 5.74) is 3.04. The van der Waals surface area contributed by atoms with Gasteiger partial charge in [0.15, 0.2) is 0 Å². The van der Waals surface area contributed by atoms with Crippen molar-refractivity contribution in [2.75, 3.05) is 0 Å². The lowest BCUT2D eigenvalue weighted by molar-refractivity contribution is 0.477. The van der Waals surface area contributed by atoms with E-state index in [4.69, 9.17) is 0 Å². The van der Waals surface area contributed by atoms with Crippen molar-refractivity contribution in [2.24, 2.45) is 0 Å². The van der Waals surface area contributed by atoms with Crippen LogP contribution >= 0.6 is 0 Å². The minimum atomic E-state index is -0.197. The molecule has 0 fully saturated rings. The molecule has 0 spiro atoms. The van der Waals surface area contributed by atoms with E-state index in [-0.39, 0.29) is 11.3 Å². The molecule has 0 aliphatic heterocycles. The molecule has 26 heavy (non-hydrogen) atoms. The minimum Gasteiger partial charge on any atom is -0.507 e. The van der Waals surface area contributed by atoms with Crippen molar-refractivity contribution in [3.8, 4) is 33.8 Å². The number of hydrogen-bond donors (Lipinski definition) is 1. The summed E-state index contributed by atoms with van der Waals surface area (Å²) in [5.74, 6) is 0.0717. The molecule has 4 aromatic rings. The quantitative estimate of drug-likeness (QED) is 0.606. The average Bonchev–Trinajstić information content (AvgIpc) is 2.70. The highest BCUT2D eigenvalue weighted by atomic mass is 16.3. The van der Waals surface area contributed by atoms with Crippen molar-refractivity contribution in [2.45, 2.75) is 0 Å². The zero-order chi connectivity index (χ0) is 17.9. The van der Waals surface area contributed by atoms with Crippen LogP contribution < -0.4 is 5.56 Å². The maximum absolute atomic E-state index is 13.1. The third-order valence-electron chi connectivity index (χ3n) is 4.21. The summed E-state index contributed by atoms with van der Waals surface area (Å²) in [4.78, 5) is 17.5. The van der Waals surface area contributed by atoms with E-state index in [1.807, 2.05) is 48.5 Å². The van der Waals surface area contributed by atoms with Crippen LogP contribution in [-0.2, 0) is 0 Å². The molecule has 0 aliphatic rings. The van der Waals surface area contributed by atoms with Crippen LogP contribution in [0.25, 0.3) is 28.1 Å². The predicted octanol–water partition coefficient (Wildman–Crippen LogP) is 4.27. The molecule has 4 nitrogen and oxygen atoms in total. The highest BCUT2D eigenvalue weighted by Gasteiger charge is 2.14. The van der Waals surface area contributed by atoms with Crippen LogP contribution in [0, 0.1) is 0 Å². The van der Waals surface area contributed by atoms with Gasteiger partial charge in [0.05, 0.1) is 11.3 Å². The maximum atomic E-state index is 13.1. The molecule has 0 saturated heterocycles. The van der Waals surface area contributed by atoms with Gasteiger partial charge >= 0.3 is 0 Å². The van der Waals surface area contributed by atoms with Crippen LogP contribution in [0.1, 0.15) is 0 Å². The van der Waals surface area contributed by atoms with Crippen LogP contribution in [-0.4, -0.2) is 14.7 Å². The molecule has 0 saturated carbocycles. The number of para-hydroxylation sites is 2. The standard InChI is InChI=1S/C22H16N2O2/c25-21-12-5-4-10-18(21)19-14-16(20-11-6-7-13-23-20)15-24(22(19)26)17-8-2-1-3-9-17/h1-15,25H. The lowest BCUT2D eigenvalue weighted by atomic mass is 10.0. The van der Waals surface area contributed by atoms with Gasteiger partial charge in [-0.3, -0.25) is 14.3 Å². The van der Waals surface area contributed by atoms with Crippen molar-refractivity contribution in [3.05, 3.63) is 102 Å². The van der Waals surface area contributed by atoms with Gasteiger partial charge in [-0.25, -0.2) is 0 Å². The largest absolute Gasteiger partial charge is 0.507 e. The lowest BCUT2D eigenvalue weighted by Gasteiger charge is -2.13. The Labute approximate surface area is 150 Å². The summed E-state index contributed by atoms with van der Waals surface area (Å²) in [6, 6.07) is 23.7. The summed E-state index contributed by atoms with van der Waals surface area (Å²) in [6.45, 7) is 0. The van der Waals surface area contributed by atoms with Gasteiger partial charge in [-0.2, -0.15) is 0 Å². The topological polar surface area (TPSA) is 55.1 Å². The molecule has 0 bridgehead atoms. The van der Waals surface area contributed by atoms with E-state index in [2.05, 4.69) is 4.98 Å². The zero-order valence-electron chi connectivity index (χ0n) is 13.9. The van der Waals surface area contributed by atoms with Gasteiger partial charge in [0.2, 0.25) is 0 Å². The van der Waals surface area contributed by atoms with E-state index >= 15 is 0 Å². The molecule has 2 heterocycles. The summed E-state index contributed by atoms with van der Waals surface area (Å²) in [5, 5.41) is 10.2. The average molecular weight is 340 g/mol. The molecule has 4 rings (SSSR count). The predicted molar refractivity (Wildman–Crippen MR) is 102 cm³/mol. The molecule has 126 valence electrons. The van der Waals surface area contributed by atoms with Crippen LogP contribution in [0.4, 0.5) is 0 Å². The van der Waals surface area contributed by atoms with Gasteiger partial charge in [0.1, 0.15) is 5.75 Å². The number of pyridine rings is 2. The van der Waals surface area contributed by atoms with E-state index in [1.165, 1.54) is 0 Å². The van der Waals surface area contributed by atoms with Crippen LogP contribution in [0.15, 0.2) is 96.1 Å². The Bertz CT molecular complexity index is 1100. The Morgan fingerprint density at radius 3 is 2.27 bits per heavy atom. The van der Waals surface area contributed by atoms with Crippen LogP contribution in [0.5, 0.6) is 5.75 Å². The summed E-state index contributed by atoms with van der Waals surface area (Å²) < 4.78 is 1.59. The maximum Gasteiger partial charge on any atom is 0.263 e. The molecule has 2 aromatic heterocycles. The van der Waals surface area contributed by atoms with Crippen molar-refractivity contribution in [1.29, 1.82) is 0 Å². The number of benzene rings is 2. The second-order valence-electron chi connectivity index (χ2n) is 5.89. The first-order chi connectivity index (χ1) is 12.7. The molecule has 0 unspecified atom stereocenters. The van der Waals surface area contributed by atoms with E-state index in [0.29, 0.717) is 11.1 Å². The molecule has 0 aliphatic carbocycles. The lowest BCUT2D eigenvalue weighted by Crippen LogP contribution is -2.20. The molecule has 0 amide bonds. The second kappa shape index (κ2) is 6.69. The number of hydrogen-bond acceptors (Lipinski definition) is 3. The normalized spacial score (nSPS) is 10.6. The first-order valence-electron chi connectivity index (χ1n) is 8.26. The van der Waals surface area contributed by atoms with Crippen molar-refractivity contribution < 1.29 is 5.11 Å². The van der Waals surface area contributed by atoms with E-state index in [0.717, 1.165) is 16.9 Å². The third kappa shape index (κ3) is 2.89. The number of phenols is 1. The van der Waals surface area contributed by atoms with E-state index in [1.54, 1.807) is 47.3 Å². The van der Waals surface area contributed by atoms with Gasteiger partial charge in [-0.15, -0.1) is 0 Å². The summed E-state index contributed by atoms with van der Waals surface area (Å²) >= 11 is 0. The van der Waals surface area contributed by atoms with Crippen molar-refractivity contribution >= 4 is 0 Å². The fourth-order valence-electron chi connectivity index (χ4n) is 2.93. The Balaban J connectivity index is 2.03. The Morgan fingerprint density at radius 1 is 0.808 bits per heavy atom. The van der Waals surface area contributed by atoms with E-state index < -0.39 is 0 Å². The zero-order valence-corrected chi connectivity index (χ0v) is 13.9. The first-order valence-corrected chi connectivity index (χ1v) is 8.26. The van der Waals surface area contributed by atoms with Gasteiger partial charge in [0.25, 0.3) is 5.56 Å². The Morgan fingerprint density at radius 2 is 1.54 bits per heavy atom. The smallest absolute Gasteiger partial charge is 0.263 e.